The summed E-state index contributed by atoms with van der Waals surface area (Å²) in [5.41, 5.74) is 2.89. The first-order valence-electron chi connectivity index (χ1n) is 14.7. The topological polar surface area (TPSA) is 107 Å². The van der Waals surface area contributed by atoms with Gasteiger partial charge in [0.2, 0.25) is 5.91 Å². The number of aryl methyl sites for hydroxylation is 1. The molecule has 3 aliphatic heterocycles. The molecule has 230 valence electrons. The van der Waals surface area contributed by atoms with Crippen molar-refractivity contribution in [3.63, 3.8) is 0 Å². The Kier molecular flexibility index (Phi) is 6.97. The van der Waals surface area contributed by atoms with Gasteiger partial charge in [0.1, 0.15) is 11.9 Å². The van der Waals surface area contributed by atoms with Crippen LogP contribution in [0.4, 0.5) is 8.78 Å². The van der Waals surface area contributed by atoms with Gasteiger partial charge in [-0.3, -0.25) is 9.59 Å². The summed E-state index contributed by atoms with van der Waals surface area (Å²) in [7, 11) is 0. The average Bonchev–Trinajstić information content (AvgIpc) is 3.77. The summed E-state index contributed by atoms with van der Waals surface area (Å²) >= 11 is 0. The Morgan fingerprint density at radius 3 is 2.64 bits per heavy atom. The number of hydrogen-bond donors (Lipinski definition) is 2. The number of hydrogen-bond acceptors (Lipinski definition) is 7. The minimum atomic E-state index is -3.73. The van der Waals surface area contributed by atoms with Crippen molar-refractivity contribution in [3.8, 4) is 17.2 Å². The molecule has 0 aromatic heterocycles. The number of fused-ring (bicyclic) bond motifs is 2. The Hall–Kier alpha value is -4.22. The average molecular weight is 607 g/mol. The molecule has 2 amide bonds. The summed E-state index contributed by atoms with van der Waals surface area (Å²) in [5.74, 6) is 0.154. The number of carbonyl (C=O) groups excluding carboxylic acids is 2. The Labute approximate surface area is 252 Å². The van der Waals surface area contributed by atoms with Crippen molar-refractivity contribution in [2.75, 3.05) is 26.3 Å². The minimum absolute atomic E-state index is 0.0610. The zero-order valence-corrected chi connectivity index (χ0v) is 24.1. The molecule has 3 aromatic carbocycles. The quantitative estimate of drug-likeness (QED) is 0.424. The molecule has 3 heterocycles. The maximum Gasteiger partial charge on any atom is 0.586 e. The van der Waals surface area contributed by atoms with Crippen molar-refractivity contribution < 1.29 is 42.4 Å². The smallest absolute Gasteiger partial charge is 0.485 e. The van der Waals surface area contributed by atoms with E-state index in [1.54, 1.807) is 17.0 Å². The molecule has 2 fully saturated rings. The summed E-state index contributed by atoms with van der Waals surface area (Å²) in [5, 5.41) is 12.7. The molecule has 44 heavy (non-hydrogen) atoms. The van der Waals surface area contributed by atoms with Crippen LogP contribution in [0.25, 0.3) is 0 Å². The third-order valence-corrected chi connectivity index (χ3v) is 8.84. The molecule has 11 heteroatoms. The third-order valence-electron chi connectivity index (χ3n) is 8.84. The zero-order chi connectivity index (χ0) is 30.6. The first-order chi connectivity index (χ1) is 21.1. The lowest BCUT2D eigenvalue weighted by molar-refractivity contribution is -0.286. The predicted molar refractivity (Wildman–Crippen MR) is 153 cm³/mol. The third kappa shape index (κ3) is 5.24. The van der Waals surface area contributed by atoms with Gasteiger partial charge in [0.25, 0.3) is 5.91 Å². The lowest BCUT2D eigenvalue weighted by Gasteiger charge is -2.34. The molecular weight excluding hydrogens is 574 g/mol. The number of rotatable bonds is 6. The summed E-state index contributed by atoms with van der Waals surface area (Å²) in [4.78, 5) is 28.9. The Morgan fingerprint density at radius 1 is 1.02 bits per heavy atom. The van der Waals surface area contributed by atoms with E-state index in [0.29, 0.717) is 55.8 Å². The van der Waals surface area contributed by atoms with Crippen LogP contribution in [-0.4, -0.2) is 60.5 Å². The van der Waals surface area contributed by atoms with Crippen LogP contribution in [0.1, 0.15) is 64.0 Å². The number of alkyl halides is 2. The van der Waals surface area contributed by atoms with Crippen molar-refractivity contribution in [1.29, 1.82) is 0 Å². The van der Waals surface area contributed by atoms with Gasteiger partial charge in [-0.15, -0.1) is 8.78 Å². The van der Waals surface area contributed by atoms with Gasteiger partial charge in [-0.05, 0) is 66.8 Å². The van der Waals surface area contributed by atoms with E-state index < -0.39 is 30.0 Å². The van der Waals surface area contributed by atoms with E-state index >= 15 is 0 Å². The highest BCUT2D eigenvalue weighted by atomic mass is 19.3. The second-order valence-corrected chi connectivity index (χ2v) is 11.9. The number of ether oxygens (including phenoxy) is 4. The van der Waals surface area contributed by atoms with Gasteiger partial charge >= 0.3 is 6.29 Å². The van der Waals surface area contributed by atoms with Gasteiger partial charge in [0.15, 0.2) is 11.5 Å². The summed E-state index contributed by atoms with van der Waals surface area (Å²) in [6.07, 6.45) is -3.01. The Bertz CT molecular complexity index is 1630. The molecule has 0 bridgehead atoms. The van der Waals surface area contributed by atoms with Crippen LogP contribution in [0.15, 0.2) is 60.7 Å². The lowest BCUT2D eigenvalue weighted by atomic mass is 9.89. The number of halogens is 2. The SMILES string of the molecule is Cc1ccc2c(c1)O[C@@H](c1cccc(C(=O)N3CCOC(CO)C3)c1)C[C@H]2NC(=O)C1(c2ccc3c(c2)OC(F)(F)O3)CC1. The number of aliphatic hydroxyl groups excluding tert-OH is 1. The second-order valence-electron chi connectivity index (χ2n) is 11.9. The summed E-state index contributed by atoms with van der Waals surface area (Å²) < 4.78 is 48.3. The first-order valence-corrected chi connectivity index (χ1v) is 14.7. The maximum atomic E-state index is 13.9. The van der Waals surface area contributed by atoms with E-state index in [1.807, 2.05) is 43.3 Å². The van der Waals surface area contributed by atoms with Crippen LogP contribution in [0.2, 0.25) is 0 Å². The first kappa shape index (κ1) is 28.5. The Morgan fingerprint density at radius 2 is 1.84 bits per heavy atom. The van der Waals surface area contributed by atoms with Crippen molar-refractivity contribution in [2.24, 2.45) is 0 Å². The zero-order valence-electron chi connectivity index (χ0n) is 24.1. The number of benzene rings is 3. The second kappa shape index (κ2) is 10.7. The van der Waals surface area contributed by atoms with E-state index in [9.17, 15) is 23.5 Å². The van der Waals surface area contributed by atoms with Crippen LogP contribution in [0.5, 0.6) is 17.2 Å². The summed E-state index contributed by atoms with van der Waals surface area (Å²) in [6, 6.07) is 17.3. The molecular formula is C33H32F2N2O7. The minimum Gasteiger partial charge on any atom is -0.485 e. The van der Waals surface area contributed by atoms with E-state index in [0.717, 1.165) is 16.7 Å². The highest BCUT2D eigenvalue weighted by Gasteiger charge is 2.53. The molecule has 0 radical (unpaired) electrons. The fourth-order valence-electron chi connectivity index (χ4n) is 6.30. The molecule has 4 aliphatic rings. The molecule has 1 aliphatic carbocycles. The van der Waals surface area contributed by atoms with Crippen LogP contribution >= 0.6 is 0 Å². The van der Waals surface area contributed by atoms with E-state index in [-0.39, 0.29) is 29.9 Å². The standard InChI is InChI=1S/C33H32F2N2O7/c1-19-5-7-24-25(36-31(40)32(9-10-32)22-6-8-26-29(15-22)44-33(34,35)43-26)16-27(42-28(24)13-19)20-3-2-4-21(14-20)30(39)37-11-12-41-23(17-37)18-38/h2-8,13-15,23,25,27,38H,9-12,16-18H2,1H3,(H,36,40)/t23?,25-,27-/m1/s1. The fraction of sp³-hybridized carbons (Fsp3) is 0.394. The molecule has 9 nitrogen and oxygen atoms in total. The molecule has 1 saturated heterocycles. The normalized spacial score (nSPS) is 24.2. The largest absolute Gasteiger partial charge is 0.586 e. The van der Waals surface area contributed by atoms with Crippen LogP contribution in [0, 0.1) is 6.92 Å². The van der Waals surface area contributed by atoms with Gasteiger partial charge in [0.05, 0.1) is 30.8 Å². The highest BCUT2D eigenvalue weighted by molar-refractivity contribution is 5.94. The predicted octanol–water partition coefficient (Wildman–Crippen LogP) is 4.56. The van der Waals surface area contributed by atoms with Gasteiger partial charge < -0.3 is 34.3 Å². The van der Waals surface area contributed by atoms with Crippen LogP contribution in [0.3, 0.4) is 0 Å². The molecule has 1 unspecified atom stereocenters. The van der Waals surface area contributed by atoms with Crippen molar-refractivity contribution in [3.05, 3.63) is 88.5 Å². The van der Waals surface area contributed by atoms with E-state index in [1.165, 1.54) is 12.1 Å². The molecule has 1 saturated carbocycles. The van der Waals surface area contributed by atoms with E-state index in [2.05, 4.69) is 14.8 Å². The number of amides is 2. The number of morpholine rings is 1. The van der Waals surface area contributed by atoms with Gasteiger partial charge in [-0.2, -0.15) is 0 Å². The molecule has 3 atom stereocenters. The summed E-state index contributed by atoms with van der Waals surface area (Å²) in [6.45, 7) is 2.92. The number of aliphatic hydroxyl groups is 1. The maximum absolute atomic E-state index is 13.9. The fourth-order valence-corrected chi connectivity index (χ4v) is 6.30. The van der Waals surface area contributed by atoms with Gasteiger partial charge in [-0.25, -0.2) is 0 Å². The molecule has 3 aromatic rings. The lowest BCUT2D eigenvalue weighted by Crippen LogP contribution is -2.46. The van der Waals surface area contributed by atoms with Crippen molar-refractivity contribution in [1.82, 2.24) is 10.2 Å². The van der Waals surface area contributed by atoms with E-state index in [4.69, 9.17) is 9.47 Å². The number of carbonyl (C=O) groups is 2. The molecule has 0 spiro atoms. The van der Waals surface area contributed by atoms with Gasteiger partial charge in [0, 0.05) is 30.6 Å². The molecule has 2 N–H and O–H groups in total. The highest BCUT2D eigenvalue weighted by Crippen LogP contribution is 2.52. The molecule has 7 rings (SSSR count). The Balaban J connectivity index is 1.13. The monoisotopic (exact) mass is 606 g/mol. The van der Waals surface area contributed by atoms with Crippen molar-refractivity contribution in [2.45, 2.75) is 56.1 Å². The number of nitrogens with one attached hydrogen (secondary N) is 1. The van der Waals surface area contributed by atoms with Crippen molar-refractivity contribution >= 4 is 11.8 Å². The van der Waals surface area contributed by atoms with Crippen LogP contribution in [-0.2, 0) is 14.9 Å². The van der Waals surface area contributed by atoms with Gasteiger partial charge in [-0.1, -0.05) is 30.3 Å². The van der Waals surface area contributed by atoms with Crippen LogP contribution < -0.4 is 19.5 Å². The number of nitrogens with zero attached hydrogens (tertiary/aromatic N) is 1.